The summed E-state index contributed by atoms with van der Waals surface area (Å²) in [7, 11) is 0. The van der Waals surface area contributed by atoms with Crippen LogP contribution in [-0.4, -0.2) is 19.8 Å². The van der Waals surface area contributed by atoms with Gasteiger partial charge in [0.25, 0.3) is 0 Å². The molecule has 0 aliphatic carbocycles. The normalized spacial score (nSPS) is 10.8. The first-order chi connectivity index (χ1) is 8.24. The van der Waals surface area contributed by atoms with E-state index in [9.17, 15) is 0 Å². The Hall–Kier alpha value is -1.02. The number of rotatable bonds is 8. The van der Waals surface area contributed by atoms with Crippen molar-refractivity contribution in [3.05, 3.63) is 29.8 Å². The summed E-state index contributed by atoms with van der Waals surface area (Å²) in [6.45, 7) is 9.15. The van der Waals surface area contributed by atoms with Crippen LogP contribution in [0.3, 0.4) is 0 Å². The van der Waals surface area contributed by atoms with Crippen LogP contribution >= 0.6 is 0 Å². The Morgan fingerprint density at radius 1 is 1.24 bits per heavy atom. The van der Waals surface area contributed by atoms with Crippen molar-refractivity contribution in [1.29, 1.82) is 0 Å². The van der Waals surface area contributed by atoms with Crippen LogP contribution in [0, 0.1) is 0 Å². The highest BCUT2D eigenvalue weighted by atomic mass is 16.5. The highest BCUT2D eigenvalue weighted by Crippen LogP contribution is 2.18. The Morgan fingerprint density at radius 3 is 2.76 bits per heavy atom. The third kappa shape index (κ3) is 5.73. The van der Waals surface area contributed by atoms with E-state index >= 15 is 0 Å². The maximum Gasteiger partial charge on any atom is 0.0639 e. The number of hydrogen-bond donors (Lipinski definition) is 1. The molecule has 2 nitrogen and oxygen atoms in total. The average molecular weight is 235 g/mol. The lowest BCUT2D eigenvalue weighted by Gasteiger charge is -2.10. The van der Waals surface area contributed by atoms with E-state index in [1.807, 2.05) is 0 Å². The van der Waals surface area contributed by atoms with Crippen LogP contribution in [0.15, 0.2) is 24.3 Å². The van der Waals surface area contributed by atoms with Crippen LogP contribution < -0.4 is 5.32 Å². The number of unbranched alkanes of at least 4 members (excludes halogenated alkanes) is 1. The van der Waals surface area contributed by atoms with E-state index in [0.29, 0.717) is 5.92 Å². The zero-order valence-corrected chi connectivity index (χ0v) is 11.3. The molecule has 1 rings (SSSR count). The molecule has 17 heavy (non-hydrogen) atoms. The second kappa shape index (κ2) is 8.13. The lowest BCUT2D eigenvalue weighted by Crippen LogP contribution is -2.10. The van der Waals surface area contributed by atoms with Crippen LogP contribution in [-0.2, 0) is 4.74 Å². The number of hydrogen-bond acceptors (Lipinski definition) is 2. The molecule has 0 heterocycles. The number of nitrogens with one attached hydrogen (secondary N) is 1. The maximum absolute atomic E-state index is 5.51. The van der Waals surface area contributed by atoms with Gasteiger partial charge in [-0.15, -0.1) is 0 Å². The van der Waals surface area contributed by atoms with E-state index in [0.717, 1.165) is 26.2 Å². The average Bonchev–Trinajstić information content (AvgIpc) is 2.34. The van der Waals surface area contributed by atoms with Gasteiger partial charge in [0.15, 0.2) is 0 Å². The molecular weight excluding hydrogens is 210 g/mol. The molecule has 0 fully saturated rings. The third-order valence-electron chi connectivity index (χ3n) is 2.77. The van der Waals surface area contributed by atoms with Crippen molar-refractivity contribution >= 4 is 5.69 Å². The largest absolute Gasteiger partial charge is 0.383 e. The Balaban J connectivity index is 2.24. The summed E-state index contributed by atoms with van der Waals surface area (Å²) in [4.78, 5) is 0. The summed E-state index contributed by atoms with van der Waals surface area (Å²) in [5.41, 5.74) is 2.57. The second-order valence-corrected chi connectivity index (χ2v) is 4.67. The Morgan fingerprint density at radius 2 is 2.06 bits per heavy atom. The van der Waals surface area contributed by atoms with Crippen molar-refractivity contribution in [3.63, 3.8) is 0 Å². The van der Waals surface area contributed by atoms with Gasteiger partial charge in [-0.3, -0.25) is 0 Å². The molecular formula is C15H25NO. The summed E-state index contributed by atoms with van der Waals surface area (Å²) < 4.78 is 5.51. The van der Waals surface area contributed by atoms with Crippen LogP contribution in [0.4, 0.5) is 5.69 Å². The Kier molecular flexibility index (Phi) is 6.71. The number of benzene rings is 1. The smallest absolute Gasteiger partial charge is 0.0639 e. The molecule has 0 bridgehead atoms. The van der Waals surface area contributed by atoms with E-state index in [2.05, 4.69) is 50.4 Å². The minimum Gasteiger partial charge on any atom is -0.383 e. The first-order valence-electron chi connectivity index (χ1n) is 6.65. The predicted molar refractivity (Wildman–Crippen MR) is 74.7 cm³/mol. The van der Waals surface area contributed by atoms with E-state index in [1.54, 1.807) is 0 Å². The van der Waals surface area contributed by atoms with Crippen LogP contribution in [0.2, 0.25) is 0 Å². The zero-order valence-electron chi connectivity index (χ0n) is 11.3. The Labute approximate surface area is 105 Å². The number of ether oxygens (including phenoxy) is 1. The van der Waals surface area contributed by atoms with Gasteiger partial charge in [0.2, 0.25) is 0 Å². The van der Waals surface area contributed by atoms with Crippen molar-refractivity contribution < 1.29 is 4.74 Å². The summed E-state index contributed by atoms with van der Waals surface area (Å²) in [5, 5.41) is 3.39. The van der Waals surface area contributed by atoms with Crippen molar-refractivity contribution in [2.45, 2.75) is 39.5 Å². The zero-order chi connectivity index (χ0) is 12.5. The van der Waals surface area contributed by atoms with Crippen molar-refractivity contribution in [2.24, 2.45) is 0 Å². The fraction of sp³-hybridized carbons (Fsp3) is 0.600. The molecule has 1 aromatic carbocycles. The lowest BCUT2D eigenvalue weighted by atomic mass is 10.0. The van der Waals surface area contributed by atoms with Crippen molar-refractivity contribution in [1.82, 2.24) is 0 Å². The molecule has 1 N–H and O–H groups in total. The molecule has 0 unspecified atom stereocenters. The van der Waals surface area contributed by atoms with Crippen LogP contribution in [0.1, 0.15) is 45.1 Å². The quantitative estimate of drug-likeness (QED) is 0.687. The molecule has 0 aromatic heterocycles. The monoisotopic (exact) mass is 235 g/mol. The van der Waals surface area contributed by atoms with E-state index < -0.39 is 0 Å². The molecule has 1 aromatic rings. The van der Waals surface area contributed by atoms with Gasteiger partial charge < -0.3 is 10.1 Å². The molecule has 0 saturated carbocycles. The maximum atomic E-state index is 5.51. The minimum atomic E-state index is 0.581. The van der Waals surface area contributed by atoms with Gasteiger partial charge in [-0.2, -0.15) is 0 Å². The van der Waals surface area contributed by atoms with Gasteiger partial charge in [-0.05, 0) is 30.0 Å². The van der Waals surface area contributed by atoms with Gasteiger partial charge in [-0.25, -0.2) is 0 Å². The molecule has 0 radical (unpaired) electrons. The molecule has 0 saturated heterocycles. The SMILES string of the molecule is CCCCOCCNc1cccc(C(C)C)c1. The van der Waals surface area contributed by atoms with Gasteiger partial charge >= 0.3 is 0 Å². The summed E-state index contributed by atoms with van der Waals surface area (Å²) in [6, 6.07) is 8.61. The first-order valence-corrected chi connectivity index (χ1v) is 6.65. The van der Waals surface area contributed by atoms with Crippen LogP contribution in [0.25, 0.3) is 0 Å². The molecule has 0 atom stereocenters. The topological polar surface area (TPSA) is 21.3 Å². The number of anilines is 1. The fourth-order valence-corrected chi connectivity index (χ4v) is 1.62. The van der Waals surface area contributed by atoms with E-state index in [4.69, 9.17) is 4.74 Å². The fourth-order valence-electron chi connectivity index (χ4n) is 1.62. The van der Waals surface area contributed by atoms with Gasteiger partial charge in [0, 0.05) is 18.8 Å². The van der Waals surface area contributed by atoms with Crippen LogP contribution in [0.5, 0.6) is 0 Å². The summed E-state index contributed by atoms with van der Waals surface area (Å²) in [5.74, 6) is 0.581. The van der Waals surface area contributed by atoms with Gasteiger partial charge in [-0.1, -0.05) is 39.3 Å². The minimum absolute atomic E-state index is 0.581. The van der Waals surface area contributed by atoms with Crippen molar-refractivity contribution in [2.75, 3.05) is 25.1 Å². The predicted octanol–water partition coefficient (Wildman–Crippen LogP) is 4.04. The molecule has 2 heteroatoms. The second-order valence-electron chi connectivity index (χ2n) is 4.67. The highest BCUT2D eigenvalue weighted by Gasteiger charge is 1.99. The van der Waals surface area contributed by atoms with E-state index in [1.165, 1.54) is 17.7 Å². The molecule has 0 spiro atoms. The van der Waals surface area contributed by atoms with Gasteiger partial charge in [0.1, 0.15) is 0 Å². The molecule has 0 amide bonds. The van der Waals surface area contributed by atoms with Gasteiger partial charge in [0.05, 0.1) is 6.61 Å². The molecule has 0 aliphatic heterocycles. The first kappa shape index (κ1) is 14.0. The van der Waals surface area contributed by atoms with Crippen molar-refractivity contribution in [3.8, 4) is 0 Å². The third-order valence-corrected chi connectivity index (χ3v) is 2.77. The highest BCUT2D eigenvalue weighted by molar-refractivity contribution is 5.46. The van der Waals surface area contributed by atoms with E-state index in [-0.39, 0.29) is 0 Å². The molecule has 0 aliphatic rings. The lowest BCUT2D eigenvalue weighted by molar-refractivity contribution is 0.141. The summed E-state index contributed by atoms with van der Waals surface area (Å²) >= 11 is 0. The Bertz CT molecular complexity index is 310. The summed E-state index contributed by atoms with van der Waals surface area (Å²) in [6.07, 6.45) is 2.35. The standard InChI is InChI=1S/C15H25NO/c1-4-5-10-17-11-9-16-15-8-6-7-14(12-15)13(2)3/h6-8,12-13,16H,4-5,9-11H2,1-3H3. The molecule has 96 valence electrons.